The van der Waals surface area contributed by atoms with Crippen LogP contribution in [0.5, 0.6) is 5.75 Å². The van der Waals surface area contributed by atoms with Gasteiger partial charge in [0.1, 0.15) is 5.75 Å². The van der Waals surface area contributed by atoms with Crippen molar-refractivity contribution in [2.24, 2.45) is 0 Å². The summed E-state index contributed by atoms with van der Waals surface area (Å²) in [5.74, 6) is 0.853. The fourth-order valence-corrected chi connectivity index (χ4v) is 2.50. The second-order valence-electron chi connectivity index (χ2n) is 5.58. The van der Waals surface area contributed by atoms with Gasteiger partial charge < -0.3 is 20.3 Å². The fourth-order valence-electron chi connectivity index (χ4n) is 2.50. The molecular formula is C16H25N3O2. The molecule has 1 saturated heterocycles. The predicted molar refractivity (Wildman–Crippen MR) is 83.8 cm³/mol. The molecule has 1 aliphatic rings. The molecule has 0 unspecified atom stereocenters. The van der Waals surface area contributed by atoms with Crippen LogP contribution in [-0.2, 0) is 6.42 Å². The zero-order valence-electron chi connectivity index (χ0n) is 12.9. The van der Waals surface area contributed by atoms with E-state index in [4.69, 9.17) is 4.74 Å². The summed E-state index contributed by atoms with van der Waals surface area (Å²) >= 11 is 0. The lowest BCUT2D eigenvalue weighted by Crippen LogP contribution is -2.47. The van der Waals surface area contributed by atoms with Crippen LogP contribution in [0.3, 0.4) is 0 Å². The third-order valence-corrected chi connectivity index (χ3v) is 3.91. The molecule has 1 aromatic carbocycles. The Hall–Kier alpha value is -1.75. The van der Waals surface area contributed by atoms with Gasteiger partial charge in [0.2, 0.25) is 0 Å². The van der Waals surface area contributed by atoms with E-state index in [-0.39, 0.29) is 6.03 Å². The van der Waals surface area contributed by atoms with Gasteiger partial charge in [-0.3, -0.25) is 0 Å². The number of carbonyl (C=O) groups excluding carboxylic acids is 1. The first-order valence-electron chi connectivity index (χ1n) is 7.53. The lowest BCUT2D eigenvalue weighted by molar-refractivity contribution is 0.214. The second-order valence-corrected chi connectivity index (χ2v) is 5.58. The molecule has 1 aromatic rings. The number of ether oxygens (including phenoxy) is 1. The number of hydrogen-bond acceptors (Lipinski definition) is 3. The Kier molecular flexibility index (Phi) is 5.87. The number of rotatable bonds is 5. The summed E-state index contributed by atoms with van der Waals surface area (Å²) < 4.78 is 5.12. The third-order valence-electron chi connectivity index (χ3n) is 3.91. The van der Waals surface area contributed by atoms with Crippen molar-refractivity contribution in [3.63, 3.8) is 0 Å². The van der Waals surface area contributed by atoms with Gasteiger partial charge in [-0.15, -0.1) is 0 Å². The van der Waals surface area contributed by atoms with Crippen LogP contribution < -0.4 is 15.4 Å². The molecule has 1 aliphatic heterocycles. The highest BCUT2D eigenvalue weighted by Crippen LogP contribution is 2.11. The first kappa shape index (κ1) is 15.6. The van der Waals surface area contributed by atoms with E-state index in [0.717, 1.165) is 38.1 Å². The molecule has 0 atom stereocenters. The Labute approximate surface area is 126 Å². The highest BCUT2D eigenvalue weighted by atomic mass is 16.5. The fraction of sp³-hybridized carbons (Fsp3) is 0.562. The van der Waals surface area contributed by atoms with Crippen LogP contribution in [0.4, 0.5) is 4.79 Å². The Bertz CT molecular complexity index is 439. The minimum Gasteiger partial charge on any atom is -0.497 e. The highest BCUT2D eigenvalue weighted by Gasteiger charge is 2.17. The normalized spacial score (nSPS) is 16.5. The quantitative estimate of drug-likeness (QED) is 0.867. The zero-order valence-corrected chi connectivity index (χ0v) is 12.9. The average molecular weight is 291 g/mol. The Balaban J connectivity index is 1.64. The van der Waals surface area contributed by atoms with Gasteiger partial charge in [-0.05, 0) is 57.1 Å². The largest absolute Gasteiger partial charge is 0.497 e. The molecule has 0 spiro atoms. The van der Waals surface area contributed by atoms with Gasteiger partial charge in [0.25, 0.3) is 0 Å². The van der Waals surface area contributed by atoms with Crippen LogP contribution >= 0.6 is 0 Å². The number of benzene rings is 1. The summed E-state index contributed by atoms with van der Waals surface area (Å²) in [6.07, 6.45) is 2.88. The van der Waals surface area contributed by atoms with Crippen LogP contribution in [0.2, 0.25) is 0 Å². The molecule has 1 fully saturated rings. The van der Waals surface area contributed by atoms with E-state index in [2.05, 4.69) is 22.6 Å². The van der Waals surface area contributed by atoms with Crippen molar-refractivity contribution in [1.82, 2.24) is 15.5 Å². The van der Waals surface area contributed by atoms with Crippen LogP contribution in [0.1, 0.15) is 18.4 Å². The average Bonchev–Trinajstić information content (AvgIpc) is 2.50. The second kappa shape index (κ2) is 7.88. The summed E-state index contributed by atoms with van der Waals surface area (Å²) in [5, 5.41) is 5.97. The maximum atomic E-state index is 11.8. The number of nitrogens with zero attached hydrogens (tertiary/aromatic N) is 1. The van der Waals surface area contributed by atoms with Crippen LogP contribution in [0, 0.1) is 0 Å². The van der Waals surface area contributed by atoms with E-state index < -0.39 is 0 Å². The molecule has 116 valence electrons. The van der Waals surface area contributed by atoms with E-state index in [1.807, 2.05) is 24.3 Å². The lowest BCUT2D eigenvalue weighted by atomic mass is 10.1. The smallest absolute Gasteiger partial charge is 0.315 e. The topological polar surface area (TPSA) is 53.6 Å². The van der Waals surface area contributed by atoms with Crippen molar-refractivity contribution >= 4 is 6.03 Å². The first-order chi connectivity index (χ1) is 10.2. The molecule has 0 aromatic heterocycles. The molecule has 5 nitrogen and oxygen atoms in total. The van der Waals surface area contributed by atoms with Gasteiger partial charge in [-0.25, -0.2) is 4.79 Å². The van der Waals surface area contributed by atoms with Crippen LogP contribution in [0.25, 0.3) is 0 Å². The zero-order chi connectivity index (χ0) is 15.1. The van der Waals surface area contributed by atoms with Crippen LogP contribution in [0.15, 0.2) is 24.3 Å². The standard InChI is InChI=1S/C16H25N3O2/c1-19-11-8-14(9-12-19)18-16(20)17-10-7-13-3-5-15(21-2)6-4-13/h3-6,14H,7-12H2,1-2H3,(H2,17,18,20). The minimum atomic E-state index is -0.0573. The summed E-state index contributed by atoms with van der Waals surface area (Å²) in [7, 11) is 3.77. The van der Waals surface area contributed by atoms with Gasteiger partial charge in [-0.2, -0.15) is 0 Å². The Morgan fingerprint density at radius 2 is 1.95 bits per heavy atom. The minimum absolute atomic E-state index is 0.0573. The van der Waals surface area contributed by atoms with Gasteiger partial charge in [0, 0.05) is 12.6 Å². The number of likely N-dealkylation sites (tertiary alicyclic amines) is 1. The monoisotopic (exact) mass is 291 g/mol. The maximum absolute atomic E-state index is 11.8. The van der Waals surface area contributed by atoms with Crippen molar-refractivity contribution in [2.75, 3.05) is 33.8 Å². The van der Waals surface area contributed by atoms with Crippen molar-refractivity contribution in [3.8, 4) is 5.75 Å². The van der Waals surface area contributed by atoms with Gasteiger partial charge >= 0.3 is 6.03 Å². The van der Waals surface area contributed by atoms with Gasteiger partial charge in [0.05, 0.1) is 7.11 Å². The predicted octanol–water partition coefficient (Wildman–Crippen LogP) is 1.63. The van der Waals surface area contributed by atoms with E-state index in [1.165, 1.54) is 5.56 Å². The molecule has 21 heavy (non-hydrogen) atoms. The highest BCUT2D eigenvalue weighted by molar-refractivity contribution is 5.74. The van der Waals surface area contributed by atoms with E-state index >= 15 is 0 Å². The van der Waals surface area contributed by atoms with Gasteiger partial charge in [0.15, 0.2) is 0 Å². The summed E-state index contributed by atoms with van der Waals surface area (Å²) in [5.41, 5.74) is 1.19. The summed E-state index contributed by atoms with van der Waals surface area (Å²) in [6, 6.07) is 8.17. The van der Waals surface area contributed by atoms with E-state index in [9.17, 15) is 4.79 Å². The van der Waals surface area contributed by atoms with Gasteiger partial charge in [-0.1, -0.05) is 12.1 Å². The molecule has 0 bridgehead atoms. The van der Waals surface area contributed by atoms with Crippen molar-refractivity contribution in [3.05, 3.63) is 29.8 Å². The molecule has 2 rings (SSSR count). The van der Waals surface area contributed by atoms with E-state index in [1.54, 1.807) is 7.11 Å². The Morgan fingerprint density at radius 3 is 2.57 bits per heavy atom. The summed E-state index contributed by atoms with van der Waals surface area (Å²) in [4.78, 5) is 14.1. The number of urea groups is 1. The molecule has 0 radical (unpaired) electrons. The first-order valence-corrected chi connectivity index (χ1v) is 7.53. The number of hydrogen-bond donors (Lipinski definition) is 2. The number of nitrogens with one attached hydrogen (secondary N) is 2. The number of amides is 2. The van der Waals surface area contributed by atoms with Crippen molar-refractivity contribution in [2.45, 2.75) is 25.3 Å². The molecule has 5 heteroatoms. The molecule has 1 heterocycles. The molecule has 2 amide bonds. The number of piperidine rings is 1. The molecule has 0 aliphatic carbocycles. The van der Waals surface area contributed by atoms with E-state index in [0.29, 0.717) is 12.6 Å². The molecular weight excluding hydrogens is 266 g/mol. The maximum Gasteiger partial charge on any atom is 0.315 e. The molecule has 0 saturated carbocycles. The SMILES string of the molecule is COc1ccc(CCNC(=O)NC2CCN(C)CC2)cc1. The molecule has 2 N–H and O–H groups in total. The van der Waals surface area contributed by atoms with Crippen molar-refractivity contribution in [1.29, 1.82) is 0 Å². The van der Waals surface area contributed by atoms with Crippen LogP contribution in [-0.4, -0.2) is 50.8 Å². The van der Waals surface area contributed by atoms with Crippen molar-refractivity contribution < 1.29 is 9.53 Å². The third kappa shape index (κ3) is 5.27. The number of methoxy groups -OCH3 is 1. The Morgan fingerprint density at radius 1 is 1.29 bits per heavy atom. The number of carbonyl (C=O) groups is 1. The summed E-state index contributed by atoms with van der Waals surface area (Å²) in [6.45, 7) is 2.75. The lowest BCUT2D eigenvalue weighted by Gasteiger charge is -2.29.